The van der Waals surface area contributed by atoms with Gasteiger partial charge in [-0.2, -0.15) is 0 Å². The fraction of sp³-hybridized carbons (Fsp3) is 0.263. The molecule has 8 heteroatoms. The number of rotatable bonds is 7. The van der Waals surface area contributed by atoms with Crippen LogP contribution in [0.1, 0.15) is 6.42 Å². The maximum absolute atomic E-state index is 12.2. The Morgan fingerprint density at radius 2 is 1.56 bits per heavy atom. The number of hydrogen-bond donors (Lipinski definition) is 2. The molecule has 0 spiro atoms. The van der Waals surface area contributed by atoms with E-state index in [4.69, 9.17) is 21.1 Å². The normalized spacial score (nSPS) is 10.1. The number of benzene rings is 2. The van der Waals surface area contributed by atoms with E-state index < -0.39 is 11.8 Å². The van der Waals surface area contributed by atoms with Crippen molar-refractivity contribution in [2.24, 2.45) is 0 Å². The van der Waals surface area contributed by atoms with Crippen molar-refractivity contribution in [1.29, 1.82) is 0 Å². The van der Waals surface area contributed by atoms with Gasteiger partial charge in [0.2, 0.25) is 11.8 Å². The van der Waals surface area contributed by atoms with Gasteiger partial charge in [-0.05, 0) is 24.3 Å². The van der Waals surface area contributed by atoms with Crippen LogP contribution in [-0.2, 0) is 9.59 Å². The summed E-state index contributed by atoms with van der Waals surface area (Å²) < 4.78 is 10.3. The molecule has 7 nitrogen and oxygen atoms in total. The van der Waals surface area contributed by atoms with Crippen molar-refractivity contribution in [3.05, 3.63) is 41.4 Å². The third kappa shape index (κ3) is 5.52. The maximum Gasteiger partial charge on any atom is 0.233 e. The molecule has 0 aromatic heterocycles. The van der Waals surface area contributed by atoms with E-state index in [0.717, 1.165) is 5.69 Å². The lowest BCUT2D eigenvalue weighted by Gasteiger charge is -2.14. The van der Waals surface area contributed by atoms with E-state index in [9.17, 15) is 9.59 Å². The molecule has 2 aromatic carbocycles. The molecule has 0 bridgehead atoms. The van der Waals surface area contributed by atoms with E-state index in [-0.39, 0.29) is 6.42 Å². The second-order valence-electron chi connectivity index (χ2n) is 5.90. The Morgan fingerprint density at radius 3 is 2.11 bits per heavy atom. The van der Waals surface area contributed by atoms with E-state index in [1.165, 1.54) is 26.4 Å². The fourth-order valence-electron chi connectivity index (χ4n) is 2.35. The zero-order valence-corrected chi connectivity index (χ0v) is 16.4. The molecule has 0 atom stereocenters. The third-order valence-electron chi connectivity index (χ3n) is 3.74. The molecule has 0 radical (unpaired) electrons. The Hall–Kier alpha value is -2.93. The Labute approximate surface area is 163 Å². The zero-order valence-electron chi connectivity index (χ0n) is 15.6. The van der Waals surface area contributed by atoms with Crippen molar-refractivity contribution >= 4 is 40.5 Å². The molecule has 0 fully saturated rings. The van der Waals surface area contributed by atoms with E-state index in [1.807, 2.05) is 31.1 Å². The predicted octanol–water partition coefficient (Wildman–Crippen LogP) is 3.39. The van der Waals surface area contributed by atoms with Crippen LogP contribution in [0, 0.1) is 0 Å². The number of carbonyl (C=O) groups excluding carboxylic acids is 2. The average Bonchev–Trinajstić information content (AvgIpc) is 2.62. The summed E-state index contributed by atoms with van der Waals surface area (Å²) in [4.78, 5) is 26.3. The first-order valence-electron chi connectivity index (χ1n) is 8.12. The summed E-state index contributed by atoms with van der Waals surface area (Å²) in [6.07, 6.45) is -0.344. The minimum absolute atomic E-state index is 0.344. The van der Waals surface area contributed by atoms with Crippen molar-refractivity contribution in [2.45, 2.75) is 6.42 Å². The molecular formula is C19H22ClN3O4. The minimum atomic E-state index is -0.486. The third-order valence-corrected chi connectivity index (χ3v) is 4.03. The van der Waals surface area contributed by atoms with Crippen LogP contribution in [0.5, 0.6) is 11.5 Å². The number of methoxy groups -OCH3 is 2. The molecule has 0 aliphatic heterocycles. The molecule has 0 aliphatic rings. The van der Waals surface area contributed by atoms with Gasteiger partial charge in [0.05, 0.1) is 24.9 Å². The molecular weight excluding hydrogens is 370 g/mol. The topological polar surface area (TPSA) is 79.9 Å². The lowest BCUT2D eigenvalue weighted by molar-refractivity contribution is -0.123. The molecule has 27 heavy (non-hydrogen) atoms. The molecule has 0 heterocycles. The molecule has 0 aliphatic carbocycles. The second kappa shape index (κ2) is 9.14. The molecule has 0 saturated carbocycles. The van der Waals surface area contributed by atoms with Crippen LogP contribution in [0.4, 0.5) is 17.1 Å². The van der Waals surface area contributed by atoms with Crippen LogP contribution in [0.2, 0.25) is 5.02 Å². The van der Waals surface area contributed by atoms with Crippen LogP contribution in [0.3, 0.4) is 0 Å². The van der Waals surface area contributed by atoms with Gasteiger partial charge in [0.1, 0.15) is 17.9 Å². The number of halogens is 1. The summed E-state index contributed by atoms with van der Waals surface area (Å²) in [6, 6.07) is 10.4. The number of carbonyl (C=O) groups is 2. The van der Waals surface area contributed by atoms with Crippen molar-refractivity contribution < 1.29 is 19.1 Å². The highest BCUT2D eigenvalue weighted by Gasteiger charge is 2.15. The van der Waals surface area contributed by atoms with E-state index in [0.29, 0.717) is 27.9 Å². The Bertz CT molecular complexity index is 822. The van der Waals surface area contributed by atoms with Gasteiger partial charge in [-0.1, -0.05) is 11.6 Å². The number of hydrogen-bond acceptors (Lipinski definition) is 5. The monoisotopic (exact) mass is 391 g/mol. The van der Waals surface area contributed by atoms with Crippen molar-refractivity contribution in [1.82, 2.24) is 0 Å². The molecule has 2 amide bonds. The summed E-state index contributed by atoms with van der Waals surface area (Å²) in [5.74, 6) is -0.155. The summed E-state index contributed by atoms with van der Waals surface area (Å²) in [6.45, 7) is 0. The van der Waals surface area contributed by atoms with Gasteiger partial charge in [-0.3, -0.25) is 9.59 Å². The number of nitrogens with zero attached hydrogens (tertiary/aromatic N) is 1. The summed E-state index contributed by atoms with van der Waals surface area (Å²) >= 11 is 6.04. The largest absolute Gasteiger partial charge is 0.495 e. The molecule has 0 unspecified atom stereocenters. The standard InChI is InChI=1S/C19H22ClN3O4/c1-23(2)13-7-5-12(6-8-13)21-18(24)11-19(25)22-15-10-16(26-3)14(20)9-17(15)27-4/h5-10H,11H2,1-4H3,(H,21,24)(H,22,25). The molecule has 0 saturated heterocycles. The molecule has 2 N–H and O–H groups in total. The lowest BCUT2D eigenvalue weighted by Crippen LogP contribution is -2.21. The van der Waals surface area contributed by atoms with Gasteiger partial charge >= 0.3 is 0 Å². The van der Waals surface area contributed by atoms with Gasteiger partial charge in [-0.15, -0.1) is 0 Å². The predicted molar refractivity (Wildman–Crippen MR) is 107 cm³/mol. The Morgan fingerprint density at radius 1 is 0.963 bits per heavy atom. The number of anilines is 3. The average molecular weight is 392 g/mol. The first kappa shape index (κ1) is 20.4. The smallest absolute Gasteiger partial charge is 0.233 e. The van der Waals surface area contributed by atoms with Gasteiger partial charge in [0.25, 0.3) is 0 Å². The minimum Gasteiger partial charge on any atom is -0.495 e. The number of ether oxygens (including phenoxy) is 2. The van der Waals surface area contributed by atoms with Crippen LogP contribution in [-0.4, -0.2) is 40.1 Å². The van der Waals surface area contributed by atoms with Crippen LogP contribution in [0.25, 0.3) is 0 Å². The van der Waals surface area contributed by atoms with E-state index in [2.05, 4.69) is 10.6 Å². The van der Waals surface area contributed by atoms with Crippen LogP contribution < -0.4 is 25.0 Å². The summed E-state index contributed by atoms with van der Waals surface area (Å²) in [5, 5.41) is 5.68. The first-order chi connectivity index (χ1) is 12.8. The van der Waals surface area contributed by atoms with Crippen molar-refractivity contribution in [3.63, 3.8) is 0 Å². The van der Waals surface area contributed by atoms with E-state index in [1.54, 1.807) is 12.1 Å². The molecule has 2 aromatic rings. The van der Waals surface area contributed by atoms with Gasteiger partial charge in [0, 0.05) is 37.6 Å². The Balaban J connectivity index is 1.99. The fourth-order valence-corrected chi connectivity index (χ4v) is 2.58. The van der Waals surface area contributed by atoms with Crippen molar-refractivity contribution in [2.75, 3.05) is 43.8 Å². The van der Waals surface area contributed by atoms with E-state index >= 15 is 0 Å². The molecule has 144 valence electrons. The van der Waals surface area contributed by atoms with Gasteiger partial charge in [0.15, 0.2) is 0 Å². The van der Waals surface area contributed by atoms with Gasteiger partial charge in [-0.25, -0.2) is 0 Å². The zero-order chi connectivity index (χ0) is 20.0. The second-order valence-corrected chi connectivity index (χ2v) is 6.31. The van der Waals surface area contributed by atoms with Gasteiger partial charge < -0.3 is 25.0 Å². The van der Waals surface area contributed by atoms with Crippen LogP contribution in [0.15, 0.2) is 36.4 Å². The van der Waals surface area contributed by atoms with Crippen molar-refractivity contribution in [3.8, 4) is 11.5 Å². The lowest BCUT2D eigenvalue weighted by atomic mass is 10.2. The first-order valence-corrected chi connectivity index (χ1v) is 8.50. The summed E-state index contributed by atoms with van der Waals surface area (Å²) in [5.41, 5.74) is 1.99. The highest BCUT2D eigenvalue weighted by atomic mass is 35.5. The summed E-state index contributed by atoms with van der Waals surface area (Å²) in [7, 11) is 6.78. The molecule has 2 rings (SSSR count). The quantitative estimate of drug-likeness (QED) is 0.707. The number of amides is 2. The van der Waals surface area contributed by atoms with Crippen LogP contribution >= 0.6 is 11.6 Å². The number of nitrogens with one attached hydrogen (secondary N) is 2. The maximum atomic E-state index is 12.2. The highest BCUT2D eigenvalue weighted by molar-refractivity contribution is 6.32. The Kier molecular flexibility index (Phi) is 6.90. The highest BCUT2D eigenvalue weighted by Crippen LogP contribution is 2.35. The SMILES string of the molecule is COc1cc(NC(=O)CC(=O)Nc2ccc(N(C)C)cc2)c(OC)cc1Cl.